The Kier molecular flexibility index (Phi) is 11.7. The molecule has 0 fully saturated rings. The predicted octanol–water partition coefficient (Wildman–Crippen LogP) is 3.85. The molecule has 0 saturated heterocycles. The molecule has 0 aliphatic carbocycles. The van der Waals surface area contributed by atoms with Crippen LogP contribution in [0.15, 0.2) is 58.3 Å². The second-order valence-electron chi connectivity index (χ2n) is 7.98. The molecule has 0 aliphatic rings. The van der Waals surface area contributed by atoms with Gasteiger partial charge in [0.05, 0.1) is 11.1 Å². The number of rotatable bonds is 13. The topological polar surface area (TPSA) is 64.7 Å². The van der Waals surface area contributed by atoms with Crippen LogP contribution >= 0.6 is 21.6 Å². The second kappa shape index (κ2) is 14.2. The van der Waals surface area contributed by atoms with Crippen LogP contribution in [0.2, 0.25) is 0 Å². The number of carbonyl (C=O) groups excluding carboxylic acids is 2. The maximum absolute atomic E-state index is 12.7. The molecule has 2 rings (SSSR count). The monoisotopic (exact) mass is 474 g/mol. The molecule has 0 aromatic heterocycles. The molecule has 0 unspecified atom stereocenters. The largest absolute Gasteiger partial charge is 0.352 e. The molecule has 0 bridgehead atoms. The number of hydrogen-bond acceptors (Lipinski definition) is 6. The molecule has 174 valence electrons. The average molecular weight is 475 g/mol. The predicted molar refractivity (Wildman–Crippen MR) is 136 cm³/mol. The molecule has 6 nitrogen and oxygen atoms in total. The van der Waals surface area contributed by atoms with Gasteiger partial charge in [-0.2, -0.15) is 0 Å². The van der Waals surface area contributed by atoms with Gasteiger partial charge in [0.1, 0.15) is 0 Å². The third kappa shape index (κ3) is 9.24. The van der Waals surface area contributed by atoms with E-state index in [1.54, 1.807) is 0 Å². The highest BCUT2D eigenvalue weighted by Gasteiger charge is 2.15. The maximum atomic E-state index is 12.7. The zero-order chi connectivity index (χ0) is 23.3. The van der Waals surface area contributed by atoms with Gasteiger partial charge in [-0.3, -0.25) is 9.59 Å². The van der Waals surface area contributed by atoms with Crippen molar-refractivity contribution < 1.29 is 9.59 Å². The number of hydrogen-bond donors (Lipinski definition) is 2. The van der Waals surface area contributed by atoms with Crippen LogP contribution in [0.5, 0.6) is 0 Å². The van der Waals surface area contributed by atoms with Crippen LogP contribution in [0.25, 0.3) is 0 Å². The SMILES string of the molecule is CN(C)CCCNC(=O)c1ccccc1SSc1ccccc1C(=O)NCCCN(C)C. The summed E-state index contributed by atoms with van der Waals surface area (Å²) in [5, 5.41) is 6.01. The smallest absolute Gasteiger partial charge is 0.252 e. The summed E-state index contributed by atoms with van der Waals surface area (Å²) in [6.07, 6.45) is 1.81. The van der Waals surface area contributed by atoms with Crippen molar-refractivity contribution in [1.29, 1.82) is 0 Å². The number of nitrogens with zero attached hydrogens (tertiary/aromatic N) is 2. The van der Waals surface area contributed by atoms with Crippen LogP contribution in [-0.2, 0) is 0 Å². The Labute approximate surface area is 199 Å². The van der Waals surface area contributed by atoms with Crippen LogP contribution in [-0.4, -0.2) is 76.0 Å². The van der Waals surface area contributed by atoms with Crippen molar-refractivity contribution in [2.45, 2.75) is 22.6 Å². The van der Waals surface area contributed by atoms with Gasteiger partial charge in [0.25, 0.3) is 11.8 Å². The summed E-state index contributed by atoms with van der Waals surface area (Å²) >= 11 is 0. The van der Waals surface area contributed by atoms with Crippen LogP contribution in [0.3, 0.4) is 0 Å². The summed E-state index contributed by atoms with van der Waals surface area (Å²) in [6.45, 7) is 3.14. The van der Waals surface area contributed by atoms with Gasteiger partial charge in [-0.25, -0.2) is 0 Å². The van der Waals surface area contributed by atoms with Gasteiger partial charge in [-0.15, -0.1) is 0 Å². The van der Waals surface area contributed by atoms with E-state index < -0.39 is 0 Å². The molecule has 0 atom stereocenters. The lowest BCUT2D eigenvalue weighted by molar-refractivity contribution is 0.0941. The van der Waals surface area contributed by atoms with E-state index in [9.17, 15) is 9.59 Å². The first kappa shape index (κ1) is 26.3. The fourth-order valence-corrected chi connectivity index (χ4v) is 5.29. The normalized spacial score (nSPS) is 11.1. The van der Waals surface area contributed by atoms with Crippen molar-refractivity contribution in [3.63, 3.8) is 0 Å². The van der Waals surface area contributed by atoms with E-state index in [1.807, 2.05) is 76.7 Å². The van der Waals surface area contributed by atoms with E-state index in [0.29, 0.717) is 24.2 Å². The standard InChI is InChI=1S/C24H34N4O2S2/c1-27(2)17-9-15-25-23(29)19-11-5-7-13-21(19)31-32-22-14-8-6-12-20(22)24(30)26-16-10-18-28(3)4/h5-8,11-14H,9-10,15-18H2,1-4H3,(H,25,29)(H,26,30). The first-order valence-corrected chi connectivity index (χ1v) is 12.9. The van der Waals surface area contributed by atoms with Crippen molar-refractivity contribution in [3.8, 4) is 0 Å². The third-order valence-electron chi connectivity index (χ3n) is 4.62. The highest BCUT2D eigenvalue weighted by Crippen LogP contribution is 2.40. The molecule has 2 aromatic rings. The van der Waals surface area contributed by atoms with Crippen LogP contribution in [0, 0.1) is 0 Å². The van der Waals surface area contributed by atoms with E-state index >= 15 is 0 Å². The molecule has 32 heavy (non-hydrogen) atoms. The highest BCUT2D eigenvalue weighted by molar-refractivity contribution is 8.76. The summed E-state index contributed by atoms with van der Waals surface area (Å²) in [5.41, 5.74) is 1.31. The van der Waals surface area contributed by atoms with Crippen molar-refractivity contribution in [2.75, 3.05) is 54.4 Å². The fraction of sp³-hybridized carbons (Fsp3) is 0.417. The van der Waals surface area contributed by atoms with Crippen molar-refractivity contribution in [3.05, 3.63) is 59.7 Å². The van der Waals surface area contributed by atoms with E-state index in [2.05, 4.69) is 20.4 Å². The Morgan fingerprint density at radius 2 is 1.06 bits per heavy atom. The maximum Gasteiger partial charge on any atom is 0.252 e. The number of benzene rings is 2. The lowest BCUT2D eigenvalue weighted by Gasteiger charge is -2.13. The zero-order valence-electron chi connectivity index (χ0n) is 19.4. The zero-order valence-corrected chi connectivity index (χ0v) is 21.0. The van der Waals surface area contributed by atoms with Gasteiger partial charge in [-0.05, 0) is 78.4 Å². The molecular formula is C24H34N4O2S2. The molecule has 2 N–H and O–H groups in total. The summed E-state index contributed by atoms with van der Waals surface area (Å²) < 4.78 is 0. The summed E-state index contributed by atoms with van der Waals surface area (Å²) in [7, 11) is 11.1. The fourth-order valence-electron chi connectivity index (χ4n) is 2.93. The highest BCUT2D eigenvalue weighted by atomic mass is 33.1. The molecule has 8 heteroatoms. The Balaban J connectivity index is 1.98. The van der Waals surface area contributed by atoms with Gasteiger partial charge in [0.2, 0.25) is 0 Å². The molecule has 0 aliphatic heterocycles. The van der Waals surface area contributed by atoms with Crippen LogP contribution in [0.4, 0.5) is 0 Å². The first-order chi connectivity index (χ1) is 15.4. The van der Waals surface area contributed by atoms with E-state index in [-0.39, 0.29) is 11.8 Å². The van der Waals surface area contributed by atoms with Gasteiger partial charge in [0.15, 0.2) is 0 Å². The third-order valence-corrected chi connectivity index (χ3v) is 7.10. The second-order valence-corrected chi connectivity index (χ2v) is 10.2. The molecule has 0 spiro atoms. The molecule has 0 radical (unpaired) electrons. The Bertz CT molecular complexity index is 803. The van der Waals surface area contributed by atoms with Crippen molar-refractivity contribution in [1.82, 2.24) is 20.4 Å². The molecular weight excluding hydrogens is 440 g/mol. The van der Waals surface area contributed by atoms with Crippen LogP contribution in [0.1, 0.15) is 33.6 Å². The molecule has 0 saturated carbocycles. The number of nitrogens with one attached hydrogen (secondary N) is 2. The lowest BCUT2D eigenvalue weighted by Crippen LogP contribution is -2.27. The quantitative estimate of drug-likeness (QED) is 0.340. The van der Waals surface area contributed by atoms with E-state index in [4.69, 9.17) is 0 Å². The molecule has 0 heterocycles. The molecule has 2 aromatic carbocycles. The van der Waals surface area contributed by atoms with Crippen molar-refractivity contribution in [2.24, 2.45) is 0 Å². The number of carbonyl (C=O) groups is 2. The average Bonchev–Trinajstić information content (AvgIpc) is 2.78. The Hall–Kier alpha value is -2.00. The Morgan fingerprint density at radius 1 is 0.688 bits per heavy atom. The minimum atomic E-state index is -0.0700. The lowest BCUT2D eigenvalue weighted by atomic mass is 10.2. The Morgan fingerprint density at radius 3 is 1.44 bits per heavy atom. The van der Waals surface area contributed by atoms with Gasteiger partial charge in [-0.1, -0.05) is 45.9 Å². The number of amides is 2. The van der Waals surface area contributed by atoms with Gasteiger partial charge < -0.3 is 20.4 Å². The molecule has 2 amide bonds. The van der Waals surface area contributed by atoms with Gasteiger partial charge >= 0.3 is 0 Å². The van der Waals surface area contributed by atoms with Crippen molar-refractivity contribution >= 4 is 33.4 Å². The summed E-state index contributed by atoms with van der Waals surface area (Å²) in [4.78, 5) is 31.3. The summed E-state index contributed by atoms with van der Waals surface area (Å²) in [6, 6.07) is 15.2. The minimum Gasteiger partial charge on any atom is -0.352 e. The van der Waals surface area contributed by atoms with Crippen LogP contribution < -0.4 is 10.6 Å². The first-order valence-electron chi connectivity index (χ1n) is 10.8. The van der Waals surface area contributed by atoms with E-state index in [0.717, 1.165) is 35.7 Å². The van der Waals surface area contributed by atoms with Gasteiger partial charge in [0, 0.05) is 22.9 Å². The van der Waals surface area contributed by atoms with E-state index in [1.165, 1.54) is 21.6 Å². The minimum absolute atomic E-state index is 0.0700. The summed E-state index contributed by atoms with van der Waals surface area (Å²) in [5.74, 6) is -0.140.